The van der Waals surface area contributed by atoms with Crippen LogP contribution in [0.4, 0.5) is 0 Å². The maximum absolute atomic E-state index is 11.2. The molecule has 0 unspecified atom stereocenters. The van der Waals surface area contributed by atoms with E-state index in [1.165, 1.54) is 17.8 Å². The number of nitrogens with zero attached hydrogens (tertiary/aromatic N) is 1. The second-order valence-corrected chi connectivity index (χ2v) is 4.88. The van der Waals surface area contributed by atoms with E-state index < -0.39 is 5.60 Å². The summed E-state index contributed by atoms with van der Waals surface area (Å²) < 4.78 is 0. The molecule has 4 nitrogen and oxygen atoms in total. The molecule has 1 aromatic heterocycles. The molecule has 0 aliphatic heterocycles. The van der Waals surface area contributed by atoms with E-state index in [9.17, 15) is 9.90 Å². The topological polar surface area (TPSA) is 66.0 Å². The summed E-state index contributed by atoms with van der Waals surface area (Å²) in [5, 5.41) is 10.7. The highest BCUT2D eigenvalue weighted by atomic mass is 32.2. The number of rotatable bonds is 5. The van der Waals surface area contributed by atoms with E-state index in [4.69, 9.17) is 0 Å². The number of nitrogens with one attached hydrogen (secondary N) is 1. The first kappa shape index (κ1) is 13.3. The van der Waals surface area contributed by atoms with Crippen molar-refractivity contribution in [3.63, 3.8) is 0 Å². The fraction of sp³-hybridized carbons (Fsp3) is 0.636. The van der Waals surface area contributed by atoms with E-state index in [2.05, 4.69) is 9.97 Å². The van der Waals surface area contributed by atoms with Gasteiger partial charge in [-0.1, -0.05) is 25.6 Å². The third-order valence-corrected chi connectivity index (χ3v) is 3.79. The van der Waals surface area contributed by atoms with Gasteiger partial charge in [-0.25, -0.2) is 4.98 Å². The number of hydrogen-bond donors (Lipinski definition) is 2. The Kier molecular flexibility index (Phi) is 4.56. The molecule has 0 aliphatic rings. The molecule has 2 N–H and O–H groups in total. The van der Waals surface area contributed by atoms with Gasteiger partial charge in [0.15, 0.2) is 5.16 Å². The van der Waals surface area contributed by atoms with Gasteiger partial charge in [-0.15, -0.1) is 0 Å². The van der Waals surface area contributed by atoms with Crippen molar-refractivity contribution in [2.24, 2.45) is 0 Å². The number of thioether (sulfide) groups is 1. The van der Waals surface area contributed by atoms with Crippen molar-refractivity contribution in [1.82, 2.24) is 9.97 Å². The van der Waals surface area contributed by atoms with Gasteiger partial charge in [-0.3, -0.25) is 4.79 Å². The largest absolute Gasteiger partial charge is 0.389 e. The SMILES string of the molecule is CCC(O)(CC)CSc1nc(C)cc(=O)[nH]1. The summed E-state index contributed by atoms with van der Waals surface area (Å²) in [6, 6.07) is 1.45. The quantitative estimate of drug-likeness (QED) is 0.609. The van der Waals surface area contributed by atoms with Crippen LogP contribution < -0.4 is 5.56 Å². The summed E-state index contributed by atoms with van der Waals surface area (Å²) >= 11 is 1.39. The van der Waals surface area contributed by atoms with E-state index in [1.807, 2.05) is 13.8 Å². The molecule has 1 heterocycles. The van der Waals surface area contributed by atoms with Crippen LogP contribution in [0.5, 0.6) is 0 Å². The van der Waals surface area contributed by atoms with Crippen LogP contribution in [0.1, 0.15) is 32.4 Å². The van der Waals surface area contributed by atoms with Crippen LogP contribution in [0.25, 0.3) is 0 Å². The highest BCUT2D eigenvalue weighted by molar-refractivity contribution is 7.99. The summed E-state index contributed by atoms with van der Waals surface area (Å²) in [6.07, 6.45) is 1.40. The molecule has 0 amide bonds. The smallest absolute Gasteiger partial charge is 0.251 e. The average Bonchev–Trinajstić information content (AvgIpc) is 2.25. The first-order valence-electron chi connectivity index (χ1n) is 5.42. The fourth-order valence-corrected chi connectivity index (χ4v) is 2.47. The monoisotopic (exact) mass is 242 g/mol. The first-order chi connectivity index (χ1) is 7.49. The molecule has 0 saturated carbocycles. The molecule has 0 atom stereocenters. The van der Waals surface area contributed by atoms with Crippen LogP contribution in [0.2, 0.25) is 0 Å². The molecule has 90 valence electrons. The Balaban J connectivity index is 2.71. The second kappa shape index (κ2) is 5.50. The minimum atomic E-state index is -0.674. The van der Waals surface area contributed by atoms with Gasteiger partial charge >= 0.3 is 0 Å². The second-order valence-electron chi connectivity index (χ2n) is 3.91. The van der Waals surface area contributed by atoms with Gasteiger partial charge in [0.1, 0.15) is 0 Å². The Labute approximate surface area is 99.5 Å². The molecule has 0 bridgehead atoms. The van der Waals surface area contributed by atoms with Gasteiger partial charge in [0, 0.05) is 17.5 Å². The molecule has 0 aromatic carbocycles. The van der Waals surface area contributed by atoms with Crippen LogP contribution in [0.15, 0.2) is 16.0 Å². The molecule has 5 heteroatoms. The molecule has 0 spiro atoms. The normalized spacial score (nSPS) is 11.8. The zero-order valence-electron chi connectivity index (χ0n) is 9.91. The number of H-pyrrole nitrogens is 1. The van der Waals surface area contributed by atoms with Crippen LogP contribution in [-0.2, 0) is 0 Å². The Morgan fingerprint density at radius 3 is 2.62 bits per heavy atom. The van der Waals surface area contributed by atoms with Crippen molar-refractivity contribution >= 4 is 11.8 Å². The van der Waals surface area contributed by atoms with E-state index in [1.54, 1.807) is 6.92 Å². The minimum absolute atomic E-state index is 0.147. The van der Waals surface area contributed by atoms with Crippen molar-refractivity contribution < 1.29 is 5.11 Å². The van der Waals surface area contributed by atoms with Crippen molar-refractivity contribution in [2.75, 3.05) is 5.75 Å². The molecule has 0 fully saturated rings. The predicted molar refractivity (Wildman–Crippen MR) is 65.9 cm³/mol. The Morgan fingerprint density at radius 2 is 2.12 bits per heavy atom. The standard InChI is InChI=1S/C11H18N2O2S/c1-4-11(15,5-2)7-16-10-12-8(3)6-9(14)13-10/h6,15H,4-5,7H2,1-3H3,(H,12,13,14). The lowest BCUT2D eigenvalue weighted by Crippen LogP contribution is -2.29. The molecular weight excluding hydrogens is 224 g/mol. The number of aromatic amines is 1. The van der Waals surface area contributed by atoms with Crippen molar-refractivity contribution in [3.05, 3.63) is 22.1 Å². The Bertz CT molecular complexity index is 399. The van der Waals surface area contributed by atoms with Crippen LogP contribution in [0, 0.1) is 6.92 Å². The fourth-order valence-electron chi connectivity index (χ4n) is 1.28. The summed E-state index contributed by atoms with van der Waals surface area (Å²) in [4.78, 5) is 18.1. The Hall–Kier alpha value is -0.810. The van der Waals surface area contributed by atoms with Crippen molar-refractivity contribution in [1.29, 1.82) is 0 Å². The molecule has 0 aliphatic carbocycles. The van der Waals surface area contributed by atoms with Gasteiger partial charge in [-0.05, 0) is 19.8 Å². The molecule has 1 aromatic rings. The van der Waals surface area contributed by atoms with Crippen LogP contribution in [0.3, 0.4) is 0 Å². The maximum Gasteiger partial charge on any atom is 0.251 e. The van der Waals surface area contributed by atoms with Gasteiger partial charge in [-0.2, -0.15) is 0 Å². The lowest BCUT2D eigenvalue weighted by atomic mass is 10.0. The van der Waals surface area contributed by atoms with Crippen molar-refractivity contribution in [2.45, 2.75) is 44.4 Å². The first-order valence-corrected chi connectivity index (χ1v) is 6.41. The number of aryl methyl sites for hydroxylation is 1. The van der Waals surface area contributed by atoms with E-state index in [0.29, 0.717) is 29.4 Å². The highest BCUT2D eigenvalue weighted by Gasteiger charge is 2.22. The maximum atomic E-state index is 11.2. The van der Waals surface area contributed by atoms with Gasteiger partial charge in [0.2, 0.25) is 0 Å². The average molecular weight is 242 g/mol. The lowest BCUT2D eigenvalue weighted by Gasteiger charge is -2.24. The molecular formula is C11H18N2O2S. The molecule has 0 radical (unpaired) electrons. The van der Waals surface area contributed by atoms with Crippen molar-refractivity contribution in [3.8, 4) is 0 Å². The highest BCUT2D eigenvalue weighted by Crippen LogP contribution is 2.23. The number of aromatic nitrogens is 2. The number of aliphatic hydroxyl groups is 1. The summed E-state index contributed by atoms with van der Waals surface area (Å²) in [6.45, 7) is 5.69. The summed E-state index contributed by atoms with van der Waals surface area (Å²) in [7, 11) is 0. The minimum Gasteiger partial charge on any atom is -0.389 e. The third kappa shape index (κ3) is 3.64. The van der Waals surface area contributed by atoms with E-state index in [0.717, 1.165) is 0 Å². The summed E-state index contributed by atoms with van der Waals surface area (Å²) in [5.41, 5.74) is -0.123. The van der Waals surface area contributed by atoms with Gasteiger partial charge in [0.25, 0.3) is 5.56 Å². The number of hydrogen-bond acceptors (Lipinski definition) is 4. The predicted octanol–water partition coefficient (Wildman–Crippen LogP) is 1.72. The van der Waals surface area contributed by atoms with Crippen LogP contribution >= 0.6 is 11.8 Å². The zero-order valence-corrected chi connectivity index (χ0v) is 10.7. The molecule has 1 rings (SSSR count). The third-order valence-electron chi connectivity index (χ3n) is 2.64. The molecule has 16 heavy (non-hydrogen) atoms. The molecule has 0 saturated heterocycles. The van der Waals surface area contributed by atoms with Crippen LogP contribution in [-0.4, -0.2) is 26.4 Å². The van der Waals surface area contributed by atoms with E-state index >= 15 is 0 Å². The van der Waals surface area contributed by atoms with Gasteiger partial charge < -0.3 is 10.1 Å². The lowest BCUT2D eigenvalue weighted by molar-refractivity contribution is 0.0571. The van der Waals surface area contributed by atoms with Gasteiger partial charge in [0.05, 0.1) is 5.60 Å². The zero-order chi connectivity index (χ0) is 12.2. The van der Waals surface area contributed by atoms with E-state index in [-0.39, 0.29) is 5.56 Å². The summed E-state index contributed by atoms with van der Waals surface area (Å²) in [5.74, 6) is 0.548. The Morgan fingerprint density at radius 1 is 1.50 bits per heavy atom.